The Morgan fingerprint density at radius 2 is 1.96 bits per heavy atom. The Morgan fingerprint density at radius 1 is 1.17 bits per heavy atom. The highest BCUT2D eigenvalue weighted by molar-refractivity contribution is 6.04. The van der Waals surface area contributed by atoms with E-state index in [9.17, 15) is 4.79 Å². The summed E-state index contributed by atoms with van der Waals surface area (Å²) >= 11 is 0. The fourth-order valence-corrected chi connectivity index (χ4v) is 2.00. The summed E-state index contributed by atoms with van der Waals surface area (Å²) in [6.45, 7) is 0.452. The largest absolute Gasteiger partial charge is 0.467 e. The third-order valence-electron chi connectivity index (χ3n) is 3.21. The molecule has 0 bridgehead atoms. The van der Waals surface area contributed by atoms with Gasteiger partial charge in [-0.3, -0.25) is 4.79 Å². The van der Waals surface area contributed by atoms with Crippen LogP contribution in [0.4, 0.5) is 11.6 Å². The zero-order valence-corrected chi connectivity index (χ0v) is 12.6. The van der Waals surface area contributed by atoms with Crippen LogP contribution in [0.5, 0.6) is 0 Å². The second-order valence-corrected chi connectivity index (χ2v) is 4.84. The van der Waals surface area contributed by atoms with Crippen LogP contribution >= 0.6 is 0 Å². The van der Waals surface area contributed by atoms with Gasteiger partial charge in [-0.05, 0) is 24.3 Å². The summed E-state index contributed by atoms with van der Waals surface area (Å²) in [5.74, 6) is 0.768. The first-order valence-electron chi connectivity index (χ1n) is 7.15. The van der Waals surface area contributed by atoms with Gasteiger partial charge in [-0.15, -0.1) is 0 Å². The van der Waals surface area contributed by atoms with Crippen LogP contribution in [-0.4, -0.2) is 15.9 Å². The zero-order chi connectivity index (χ0) is 16.8. The minimum Gasteiger partial charge on any atom is -0.467 e. The lowest BCUT2D eigenvalue weighted by Crippen LogP contribution is -2.14. The third-order valence-corrected chi connectivity index (χ3v) is 3.21. The van der Waals surface area contributed by atoms with Crippen molar-refractivity contribution in [1.82, 2.24) is 9.97 Å². The molecule has 0 aliphatic rings. The van der Waals surface area contributed by atoms with Crippen molar-refractivity contribution in [2.24, 2.45) is 0 Å². The molecule has 1 aromatic carbocycles. The summed E-state index contributed by atoms with van der Waals surface area (Å²) in [4.78, 5) is 20.4. The molecule has 3 aromatic rings. The van der Waals surface area contributed by atoms with Gasteiger partial charge in [-0.1, -0.05) is 12.1 Å². The average molecular weight is 319 g/mol. The first-order chi connectivity index (χ1) is 11.8. The fraction of sp³-hybridized carbons (Fsp3) is 0.0588. The van der Waals surface area contributed by atoms with Crippen molar-refractivity contribution < 1.29 is 9.21 Å². The molecule has 7 heteroatoms. The highest BCUT2D eigenvalue weighted by Gasteiger charge is 2.10. The molecule has 0 saturated heterocycles. The summed E-state index contributed by atoms with van der Waals surface area (Å²) < 4.78 is 5.20. The van der Waals surface area contributed by atoms with Gasteiger partial charge in [0.1, 0.15) is 11.8 Å². The van der Waals surface area contributed by atoms with Crippen molar-refractivity contribution in [3.05, 3.63) is 71.9 Å². The number of carbonyl (C=O) groups excluding carboxylic acids is 1. The number of para-hydroxylation sites is 1. The third kappa shape index (κ3) is 3.56. The van der Waals surface area contributed by atoms with E-state index in [1.165, 1.54) is 12.4 Å². The minimum atomic E-state index is -0.379. The zero-order valence-electron chi connectivity index (χ0n) is 12.6. The van der Waals surface area contributed by atoms with E-state index in [2.05, 4.69) is 20.6 Å². The molecule has 0 atom stereocenters. The highest BCUT2D eigenvalue weighted by Crippen LogP contribution is 2.15. The van der Waals surface area contributed by atoms with E-state index >= 15 is 0 Å². The second kappa shape index (κ2) is 7.07. The number of aromatic nitrogens is 2. The average Bonchev–Trinajstić information content (AvgIpc) is 3.14. The van der Waals surface area contributed by atoms with Crippen LogP contribution in [0.25, 0.3) is 0 Å². The molecule has 118 valence electrons. The van der Waals surface area contributed by atoms with Gasteiger partial charge in [0.05, 0.1) is 29.6 Å². The van der Waals surface area contributed by atoms with Crippen LogP contribution in [0.3, 0.4) is 0 Å². The van der Waals surface area contributed by atoms with Crippen LogP contribution in [0.1, 0.15) is 21.7 Å². The van der Waals surface area contributed by atoms with Crippen LogP contribution in [0, 0.1) is 11.3 Å². The lowest BCUT2D eigenvalue weighted by atomic mass is 10.2. The van der Waals surface area contributed by atoms with E-state index in [0.717, 1.165) is 5.76 Å². The summed E-state index contributed by atoms with van der Waals surface area (Å²) in [7, 11) is 0. The lowest BCUT2D eigenvalue weighted by molar-refractivity contribution is 0.102. The number of amides is 1. The molecule has 0 aliphatic heterocycles. The molecule has 2 aromatic heterocycles. The molecule has 0 radical (unpaired) electrons. The van der Waals surface area contributed by atoms with E-state index in [1.54, 1.807) is 36.6 Å². The molecule has 7 nitrogen and oxygen atoms in total. The summed E-state index contributed by atoms with van der Waals surface area (Å²) in [6.07, 6.45) is 4.42. The first kappa shape index (κ1) is 15.2. The molecule has 0 saturated carbocycles. The van der Waals surface area contributed by atoms with Gasteiger partial charge in [0, 0.05) is 12.4 Å². The van der Waals surface area contributed by atoms with E-state index < -0.39 is 0 Å². The molecule has 2 N–H and O–H groups in total. The van der Waals surface area contributed by atoms with Crippen LogP contribution < -0.4 is 10.6 Å². The van der Waals surface area contributed by atoms with Crippen molar-refractivity contribution in [3.63, 3.8) is 0 Å². The van der Waals surface area contributed by atoms with Crippen LogP contribution in [0.2, 0.25) is 0 Å². The predicted octanol–water partition coefficient (Wildman–Crippen LogP) is 2.81. The molecule has 1 amide bonds. The Bertz CT molecular complexity index is 867. The number of anilines is 2. The number of hydrogen-bond acceptors (Lipinski definition) is 6. The topological polar surface area (TPSA) is 104 Å². The van der Waals surface area contributed by atoms with Crippen molar-refractivity contribution in [2.45, 2.75) is 6.54 Å². The maximum absolute atomic E-state index is 12.2. The molecule has 3 rings (SSSR count). The normalized spacial score (nSPS) is 9.96. The van der Waals surface area contributed by atoms with Gasteiger partial charge in [0.25, 0.3) is 5.91 Å². The Morgan fingerprint density at radius 3 is 2.67 bits per heavy atom. The highest BCUT2D eigenvalue weighted by atomic mass is 16.3. The molecule has 0 unspecified atom stereocenters. The monoisotopic (exact) mass is 319 g/mol. The Hall–Kier alpha value is -3.66. The first-order valence-corrected chi connectivity index (χ1v) is 7.15. The summed E-state index contributed by atoms with van der Waals surface area (Å²) in [6, 6.07) is 12.4. The number of nitriles is 1. The maximum atomic E-state index is 12.2. The molecule has 0 spiro atoms. The van der Waals surface area contributed by atoms with E-state index in [1.807, 2.05) is 12.1 Å². The van der Waals surface area contributed by atoms with Gasteiger partial charge in [-0.2, -0.15) is 5.26 Å². The molecule has 0 aliphatic carbocycles. The van der Waals surface area contributed by atoms with Gasteiger partial charge < -0.3 is 15.1 Å². The smallest absolute Gasteiger partial charge is 0.258 e. The molecule has 2 heterocycles. The number of carbonyl (C=O) groups is 1. The van der Waals surface area contributed by atoms with Crippen molar-refractivity contribution in [1.29, 1.82) is 5.26 Å². The van der Waals surface area contributed by atoms with Crippen molar-refractivity contribution in [2.75, 3.05) is 10.6 Å². The van der Waals surface area contributed by atoms with Gasteiger partial charge >= 0.3 is 0 Å². The Balaban J connectivity index is 1.64. The van der Waals surface area contributed by atoms with E-state index in [4.69, 9.17) is 9.68 Å². The van der Waals surface area contributed by atoms with E-state index in [-0.39, 0.29) is 5.91 Å². The maximum Gasteiger partial charge on any atom is 0.258 e. The molecule has 24 heavy (non-hydrogen) atoms. The fourth-order valence-electron chi connectivity index (χ4n) is 2.00. The number of rotatable bonds is 5. The number of furan rings is 1. The van der Waals surface area contributed by atoms with E-state index in [0.29, 0.717) is 29.3 Å². The minimum absolute atomic E-state index is 0.297. The van der Waals surface area contributed by atoms with Crippen molar-refractivity contribution in [3.8, 4) is 6.07 Å². The summed E-state index contributed by atoms with van der Waals surface area (Å²) in [5, 5.41) is 14.7. The van der Waals surface area contributed by atoms with Crippen LogP contribution in [-0.2, 0) is 6.54 Å². The molecule has 0 fully saturated rings. The quantitative estimate of drug-likeness (QED) is 0.749. The number of nitrogens with zero attached hydrogens (tertiary/aromatic N) is 3. The Kier molecular flexibility index (Phi) is 4.49. The van der Waals surface area contributed by atoms with Gasteiger partial charge in [-0.25, -0.2) is 9.97 Å². The second-order valence-electron chi connectivity index (χ2n) is 4.84. The number of benzene rings is 1. The molecular formula is C17H13N5O2. The van der Waals surface area contributed by atoms with Crippen LogP contribution in [0.15, 0.2) is 59.5 Å². The lowest BCUT2D eigenvalue weighted by Gasteiger charge is -2.07. The number of hydrogen-bond donors (Lipinski definition) is 2. The standard InChI is InChI=1S/C17H13N5O2/c18-8-12-4-1-2-6-15(12)22-16(23)13-9-19-17(20-10-13)21-11-14-5-3-7-24-14/h1-7,9-10H,11H2,(H,22,23)(H,19,20,21). The molecular weight excluding hydrogens is 306 g/mol. The van der Waals surface area contributed by atoms with Gasteiger partial charge in [0.15, 0.2) is 0 Å². The van der Waals surface area contributed by atoms with Gasteiger partial charge in [0.2, 0.25) is 5.95 Å². The van der Waals surface area contributed by atoms with Crippen molar-refractivity contribution >= 4 is 17.5 Å². The number of nitrogens with one attached hydrogen (secondary N) is 2. The SMILES string of the molecule is N#Cc1ccccc1NC(=O)c1cnc(NCc2ccco2)nc1. The Labute approximate surface area is 138 Å². The summed E-state index contributed by atoms with van der Waals surface area (Å²) in [5.41, 5.74) is 1.14. The predicted molar refractivity (Wildman–Crippen MR) is 87.2 cm³/mol.